The maximum atomic E-state index is 13.3. The molecule has 0 spiro atoms. The topological polar surface area (TPSA) is 89.2 Å². The minimum atomic E-state index is -4.66. The van der Waals surface area contributed by atoms with E-state index in [1.165, 1.54) is 37.7 Å². The van der Waals surface area contributed by atoms with Crippen LogP contribution in [0.1, 0.15) is 27.2 Å². The Hall–Kier alpha value is -2.66. The first-order chi connectivity index (χ1) is 15.6. The summed E-state index contributed by atoms with van der Waals surface area (Å²) in [6.07, 6.45) is -1.76. The van der Waals surface area contributed by atoms with Crippen LogP contribution in [0.15, 0.2) is 36.7 Å². The van der Waals surface area contributed by atoms with Gasteiger partial charge in [0.05, 0.1) is 26.0 Å². The van der Waals surface area contributed by atoms with Crippen LogP contribution in [-0.4, -0.2) is 36.2 Å². The van der Waals surface area contributed by atoms with Gasteiger partial charge in [-0.25, -0.2) is 4.98 Å². The number of ether oxygens (including phenoxy) is 3. The highest BCUT2D eigenvalue weighted by molar-refractivity contribution is 6.27. The van der Waals surface area contributed by atoms with E-state index in [1.807, 2.05) is 0 Å². The van der Waals surface area contributed by atoms with Gasteiger partial charge >= 0.3 is 6.18 Å². The normalized spacial score (nSPS) is 23.9. The predicted molar refractivity (Wildman–Crippen MR) is 112 cm³/mol. The largest absolute Gasteiger partial charge is 0.494 e. The van der Waals surface area contributed by atoms with Crippen molar-refractivity contribution in [1.29, 1.82) is 0 Å². The number of amides is 1. The van der Waals surface area contributed by atoms with Gasteiger partial charge in [0.15, 0.2) is 10.1 Å². The molecular weight excluding hydrogens is 486 g/mol. The molecule has 3 aromatic rings. The number of epoxide rings is 2. The maximum absolute atomic E-state index is 13.3. The SMILES string of the molecule is COc1ccc(C(=O)Nc2c(C3(Cl)CO3)cncc2C2(Cl)CO2)c2ccc(C(F)(F)F)nc12. The lowest BCUT2D eigenvalue weighted by Gasteiger charge is -2.18. The maximum Gasteiger partial charge on any atom is 0.433 e. The van der Waals surface area contributed by atoms with Gasteiger partial charge in [-0.05, 0) is 24.3 Å². The van der Waals surface area contributed by atoms with Crippen molar-refractivity contribution in [3.05, 3.63) is 59.0 Å². The molecule has 172 valence electrons. The van der Waals surface area contributed by atoms with Gasteiger partial charge in [0.25, 0.3) is 5.91 Å². The second-order valence-corrected chi connectivity index (χ2v) is 8.72. The van der Waals surface area contributed by atoms with Gasteiger partial charge in [-0.1, -0.05) is 23.2 Å². The van der Waals surface area contributed by atoms with Gasteiger partial charge in [-0.2, -0.15) is 13.2 Å². The molecule has 2 saturated heterocycles. The van der Waals surface area contributed by atoms with E-state index in [-0.39, 0.29) is 41.1 Å². The van der Waals surface area contributed by atoms with Gasteiger partial charge in [0, 0.05) is 34.5 Å². The van der Waals surface area contributed by atoms with Crippen LogP contribution in [0, 0.1) is 0 Å². The summed E-state index contributed by atoms with van der Waals surface area (Å²) in [5.41, 5.74) is -0.0924. The standard InChI is InChI=1S/C21H14Cl2F3N3O4/c1-31-14-4-2-11(10-3-5-15(21(24,25)26)28-16(10)14)18(30)29-17-12(19(22)8-32-19)6-27-7-13(17)20(23)9-33-20/h2-7H,8-9H2,1H3,(H,27,29,30). The van der Waals surface area contributed by atoms with Crippen LogP contribution in [0.5, 0.6) is 5.75 Å². The van der Waals surface area contributed by atoms with Crippen molar-refractivity contribution >= 4 is 45.7 Å². The van der Waals surface area contributed by atoms with E-state index in [0.29, 0.717) is 11.1 Å². The molecular formula is C21H14Cl2F3N3O4. The Labute approximate surface area is 194 Å². The second-order valence-electron chi connectivity index (χ2n) is 7.50. The van der Waals surface area contributed by atoms with Crippen LogP contribution < -0.4 is 10.1 Å². The van der Waals surface area contributed by atoms with Crippen LogP contribution in [0.4, 0.5) is 18.9 Å². The van der Waals surface area contributed by atoms with E-state index in [2.05, 4.69) is 15.3 Å². The average Bonchev–Trinajstić information content (AvgIpc) is 3.71. The van der Waals surface area contributed by atoms with Crippen molar-refractivity contribution < 1.29 is 32.2 Å². The molecule has 12 heteroatoms. The number of benzene rings is 1. The molecule has 1 aromatic carbocycles. The van der Waals surface area contributed by atoms with Gasteiger partial charge in [0.1, 0.15) is 17.0 Å². The summed E-state index contributed by atoms with van der Waals surface area (Å²) < 4.78 is 55.3. The average molecular weight is 500 g/mol. The summed E-state index contributed by atoms with van der Waals surface area (Å²) in [4.78, 5) is 21.1. The summed E-state index contributed by atoms with van der Waals surface area (Å²) >= 11 is 12.8. The fraction of sp³-hybridized carbons (Fsp3) is 0.286. The lowest BCUT2D eigenvalue weighted by molar-refractivity contribution is -0.140. The number of nitrogens with one attached hydrogen (secondary N) is 1. The first kappa shape index (κ1) is 22.1. The highest BCUT2D eigenvalue weighted by Crippen LogP contribution is 2.52. The summed E-state index contributed by atoms with van der Waals surface area (Å²) in [6.45, 7) is 0.405. The molecule has 2 aliphatic heterocycles. The van der Waals surface area contributed by atoms with Gasteiger partial charge in [-0.3, -0.25) is 9.78 Å². The number of carbonyl (C=O) groups excluding carboxylic acids is 1. The third-order valence-corrected chi connectivity index (χ3v) is 6.20. The molecule has 2 aliphatic rings. The number of pyridine rings is 2. The third kappa shape index (κ3) is 3.86. The first-order valence-electron chi connectivity index (χ1n) is 9.57. The smallest absolute Gasteiger partial charge is 0.433 e. The van der Waals surface area contributed by atoms with E-state index in [9.17, 15) is 18.0 Å². The number of halogens is 5. The number of aromatic nitrogens is 2. The summed E-state index contributed by atoms with van der Waals surface area (Å²) in [5.74, 6) is -0.533. The predicted octanol–water partition coefficient (Wildman–Crippen LogP) is 4.75. The number of anilines is 1. The van der Waals surface area contributed by atoms with Gasteiger partial charge < -0.3 is 19.5 Å². The number of nitrogens with zero attached hydrogens (tertiary/aromatic N) is 2. The minimum absolute atomic E-state index is 0.0708. The third-order valence-electron chi connectivity index (χ3n) is 5.36. The van der Waals surface area contributed by atoms with E-state index in [4.69, 9.17) is 37.4 Å². The number of hydrogen-bond acceptors (Lipinski definition) is 6. The van der Waals surface area contributed by atoms with Crippen molar-refractivity contribution in [2.75, 3.05) is 25.6 Å². The Morgan fingerprint density at radius 2 is 1.70 bits per heavy atom. The van der Waals surface area contributed by atoms with E-state index >= 15 is 0 Å². The minimum Gasteiger partial charge on any atom is -0.494 e. The molecule has 2 fully saturated rings. The highest BCUT2D eigenvalue weighted by atomic mass is 35.5. The van der Waals surface area contributed by atoms with Gasteiger partial charge in [-0.15, -0.1) is 0 Å². The van der Waals surface area contributed by atoms with Crippen molar-refractivity contribution in [2.45, 2.75) is 16.3 Å². The molecule has 7 nitrogen and oxygen atoms in total. The number of methoxy groups -OCH3 is 1. The van der Waals surface area contributed by atoms with E-state index in [1.54, 1.807) is 0 Å². The zero-order chi connectivity index (χ0) is 23.6. The Bertz CT molecular complexity index is 1260. The molecule has 1 N–H and O–H groups in total. The Morgan fingerprint density at radius 1 is 1.09 bits per heavy atom. The Morgan fingerprint density at radius 3 is 2.21 bits per heavy atom. The monoisotopic (exact) mass is 499 g/mol. The summed E-state index contributed by atoms with van der Waals surface area (Å²) in [7, 11) is 1.30. The van der Waals surface area contributed by atoms with E-state index < -0.39 is 27.9 Å². The fourth-order valence-corrected chi connectivity index (χ4v) is 3.89. The van der Waals surface area contributed by atoms with Gasteiger partial charge in [0.2, 0.25) is 0 Å². The van der Waals surface area contributed by atoms with Crippen LogP contribution in [-0.2, 0) is 25.8 Å². The number of rotatable bonds is 5. The molecule has 2 aromatic heterocycles. The van der Waals surface area contributed by atoms with Crippen molar-refractivity contribution in [3.8, 4) is 5.75 Å². The van der Waals surface area contributed by atoms with Crippen LogP contribution >= 0.6 is 23.2 Å². The van der Waals surface area contributed by atoms with Crippen LogP contribution in [0.3, 0.4) is 0 Å². The molecule has 5 rings (SSSR count). The number of carbonyl (C=O) groups is 1. The molecule has 33 heavy (non-hydrogen) atoms. The fourth-order valence-electron chi connectivity index (χ4n) is 3.49. The molecule has 4 heterocycles. The zero-order valence-electron chi connectivity index (χ0n) is 16.8. The molecule has 1 amide bonds. The first-order valence-corrected chi connectivity index (χ1v) is 10.3. The summed E-state index contributed by atoms with van der Waals surface area (Å²) in [6, 6.07) is 4.79. The molecule has 2 unspecified atom stereocenters. The van der Waals surface area contributed by atoms with Crippen molar-refractivity contribution in [3.63, 3.8) is 0 Å². The second kappa shape index (κ2) is 7.42. The van der Waals surface area contributed by atoms with E-state index in [0.717, 1.165) is 6.07 Å². The number of hydrogen-bond donors (Lipinski definition) is 1. The Kier molecular flexibility index (Phi) is 4.98. The lowest BCUT2D eigenvalue weighted by Crippen LogP contribution is -2.20. The molecule has 0 bridgehead atoms. The Balaban J connectivity index is 1.60. The van der Waals surface area contributed by atoms with Crippen molar-refractivity contribution in [2.24, 2.45) is 0 Å². The number of fused-ring (bicyclic) bond motifs is 1. The van der Waals surface area contributed by atoms with Crippen LogP contribution in [0.2, 0.25) is 0 Å². The number of alkyl halides is 5. The summed E-state index contributed by atoms with van der Waals surface area (Å²) in [5, 5.41) is 0.599. The molecule has 2 atom stereocenters. The van der Waals surface area contributed by atoms with Crippen LogP contribution in [0.25, 0.3) is 10.9 Å². The highest BCUT2D eigenvalue weighted by Gasteiger charge is 2.52. The molecule has 0 radical (unpaired) electrons. The zero-order valence-corrected chi connectivity index (χ0v) is 18.3. The molecule has 0 saturated carbocycles. The quantitative estimate of drug-likeness (QED) is 0.402. The molecule has 0 aliphatic carbocycles. The van der Waals surface area contributed by atoms with Crippen molar-refractivity contribution in [1.82, 2.24) is 9.97 Å². The lowest BCUT2D eigenvalue weighted by atomic mass is 10.0.